The van der Waals surface area contributed by atoms with E-state index in [2.05, 4.69) is 32.6 Å². The Morgan fingerprint density at radius 1 is 1.38 bits per heavy atom. The molecule has 7 heteroatoms. The van der Waals surface area contributed by atoms with Crippen LogP contribution in [0.4, 0.5) is 0 Å². The van der Waals surface area contributed by atoms with Crippen molar-refractivity contribution in [3.05, 3.63) is 41.4 Å². The highest BCUT2D eigenvalue weighted by Crippen LogP contribution is 2.24. The van der Waals surface area contributed by atoms with Crippen molar-refractivity contribution >= 4 is 27.7 Å². The molecule has 1 unspecified atom stereocenters. The number of hydrogen-bond donors (Lipinski definition) is 2. The van der Waals surface area contributed by atoms with Crippen LogP contribution in [0.3, 0.4) is 0 Å². The second-order valence-electron chi connectivity index (χ2n) is 4.34. The minimum absolute atomic E-state index is 0.264. The van der Waals surface area contributed by atoms with Gasteiger partial charge < -0.3 is 10.2 Å². The van der Waals surface area contributed by atoms with Crippen molar-refractivity contribution < 1.29 is 10.2 Å². The lowest BCUT2D eigenvalue weighted by atomic mass is 10.2. The number of aliphatic hydroxyl groups is 2. The lowest BCUT2D eigenvalue weighted by Crippen LogP contribution is -2.14. The summed E-state index contributed by atoms with van der Waals surface area (Å²) in [5, 5.41) is 23.2. The van der Waals surface area contributed by atoms with Gasteiger partial charge in [0.05, 0.1) is 19.3 Å². The summed E-state index contributed by atoms with van der Waals surface area (Å²) in [6, 6.07) is 7.82. The zero-order chi connectivity index (χ0) is 15.2. The minimum atomic E-state index is -0.766. The standard InChI is InChI=1S/C14H16BrN3O2S/c1-2-7-18-13(10-3-5-11(15)6-4-10)16-14(17-18)21-9-12(20)8-19/h2-6,12,19-20H,1,7-9H2. The van der Waals surface area contributed by atoms with Crippen LogP contribution in [0, 0.1) is 0 Å². The predicted octanol–water partition coefficient (Wildman–Crippen LogP) is 2.34. The van der Waals surface area contributed by atoms with Gasteiger partial charge in [-0.15, -0.1) is 11.7 Å². The third kappa shape index (κ3) is 4.41. The molecule has 0 spiro atoms. The first-order valence-corrected chi connectivity index (χ1v) is 8.15. The molecular formula is C14H16BrN3O2S. The van der Waals surface area contributed by atoms with Gasteiger partial charge in [-0.1, -0.05) is 45.9 Å². The molecule has 0 saturated carbocycles. The fourth-order valence-corrected chi connectivity index (χ4v) is 2.69. The van der Waals surface area contributed by atoms with E-state index >= 15 is 0 Å². The number of rotatable bonds is 7. The number of benzene rings is 1. The lowest BCUT2D eigenvalue weighted by Gasteiger charge is -2.02. The zero-order valence-electron chi connectivity index (χ0n) is 11.3. The van der Waals surface area contributed by atoms with Crippen LogP contribution in [0.25, 0.3) is 11.4 Å². The van der Waals surface area contributed by atoms with E-state index in [1.54, 1.807) is 10.8 Å². The summed E-state index contributed by atoms with van der Waals surface area (Å²) >= 11 is 4.72. The Hall–Kier alpha value is -1.15. The fraction of sp³-hybridized carbons (Fsp3) is 0.286. The SMILES string of the molecule is C=CCn1nc(SCC(O)CO)nc1-c1ccc(Br)cc1. The molecule has 21 heavy (non-hydrogen) atoms. The molecule has 0 amide bonds. The van der Waals surface area contributed by atoms with Gasteiger partial charge in [-0.25, -0.2) is 9.67 Å². The van der Waals surface area contributed by atoms with Crippen molar-refractivity contribution in [2.45, 2.75) is 17.8 Å². The molecule has 2 N–H and O–H groups in total. The van der Waals surface area contributed by atoms with Gasteiger partial charge in [0.1, 0.15) is 0 Å². The van der Waals surface area contributed by atoms with E-state index in [4.69, 9.17) is 5.11 Å². The maximum absolute atomic E-state index is 9.39. The van der Waals surface area contributed by atoms with Gasteiger partial charge in [-0.05, 0) is 12.1 Å². The zero-order valence-corrected chi connectivity index (χ0v) is 13.7. The van der Waals surface area contributed by atoms with Crippen molar-refractivity contribution in [2.75, 3.05) is 12.4 Å². The van der Waals surface area contributed by atoms with Gasteiger partial charge >= 0.3 is 0 Å². The molecule has 0 fully saturated rings. The van der Waals surface area contributed by atoms with Gasteiger partial charge in [-0.3, -0.25) is 0 Å². The molecule has 0 aliphatic heterocycles. The molecule has 0 aliphatic carbocycles. The molecule has 1 heterocycles. The van der Waals surface area contributed by atoms with Crippen molar-refractivity contribution in [3.8, 4) is 11.4 Å². The normalized spacial score (nSPS) is 12.3. The van der Waals surface area contributed by atoms with Crippen LogP contribution in [0.5, 0.6) is 0 Å². The minimum Gasteiger partial charge on any atom is -0.394 e. The topological polar surface area (TPSA) is 71.2 Å². The van der Waals surface area contributed by atoms with E-state index in [-0.39, 0.29) is 6.61 Å². The first-order valence-electron chi connectivity index (χ1n) is 6.37. The Balaban J connectivity index is 2.24. The van der Waals surface area contributed by atoms with E-state index < -0.39 is 6.10 Å². The highest BCUT2D eigenvalue weighted by atomic mass is 79.9. The smallest absolute Gasteiger partial charge is 0.209 e. The van der Waals surface area contributed by atoms with Crippen LogP contribution in [-0.2, 0) is 6.54 Å². The molecule has 1 atom stereocenters. The molecule has 5 nitrogen and oxygen atoms in total. The van der Waals surface area contributed by atoms with Crippen molar-refractivity contribution in [2.24, 2.45) is 0 Å². The number of aromatic nitrogens is 3. The van der Waals surface area contributed by atoms with Crippen molar-refractivity contribution in [1.82, 2.24) is 14.8 Å². The van der Waals surface area contributed by atoms with Gasteiger partial charge in [0.2, 0.25) is 5.16 Å². The first-order chi connectivity index (χ1) is 10.1. The molecule has 1 aromatic carbocycles. The summed E-state index contributed by atoms with van der Waals surface area (Å²) < 4.78 is 2.77. The largest absolute Gasteiger partial charge is 0.394 e. The number of aliphatic hydroxyl groups excluding tert-OH is 2. The molecule has 112 valence electrons. The molecular weight excluding hydrogens is 354 g/mol. The molecule has 0 saturated heterocycles. The van der Waals surface area contributed by atoms with Crippen molar-refractivity contribution in [3.63, 3.8) is 0 Å². The number of nitrogens with zero attached hydrogens (tertiary/aromatic N) is 3. The van der Waals surface area contributed by atoms with Crippen LogP contribution >= 0.6 is 27.7 Å². The van der Waals surface area contributed by atoms with Crippen molar-refractivity contribution in [1.29, 1.82) is 0 Å². The Morgan fingerprint density at radius 3 is 2.71 bits per heavy atom. The van der Waals surface area contributed by atoms with E-state index in [1.807, 2.05) is 24.3 Å². The highest BCUT2D eigenvalue weighted by molar-refractivity contribution is 9.10. The second kappa shape index (κ2) is 7.74. The van der Waals surface area contributed by atoms with Crippen LogP contribution in [0.2, 0.25) is 0 Å². The number of halogens is 1. The number of allylic oxidation sites excluding steroid dienone is 1. The Labute approximate surface area is 135 Å². The predicted molar refractivity (Wildman–Crippen MR) is 87.2 cm³/mol. The summed E-state index contributed by atoms with van der Waals surface area (Å²) in [7, 11) is 0. The maximum Gasteiger partial charge on any atom is 0.209 e. The van der Waals surface area contributed by atoms with Crippen LogP contribution in [-0.4, -0.2) is 43.4 Å². The highest BCUT2D eigenvalue weighted by Gasteiger charge is 2.13. The maximum atomic E-state index is 9.39. The average Bonchev–Trinajstić information content (AvgIpc) is 2.89. The monoisotopic (exact) mass is 369 g/mol. The van der Waals surface area contributed by atoms with Gasteiger partial charge in [0.25, 0.3) is 0 Å². The van der Waals surface area contributed by atoms with E-state index in [9.17, 15) is 5.11 Å². The first kappa shape index (κ1) is 16.2. The van der Waals surface area contributed by atoms with E-state index in [1.165, 1.54) is 11.8 Å². The molecule has 0 bridgehead atoms. The van der Waals surface area contributed by atoms with Gasteiger partial charge in [-0.2, -0.15) is 0 Å². The Kier molecular flexibility index (Phi) is 5.98. The number of hydrogen-bond acceptors (Lipinski definition) is 5. The Bertz CT molecular complexity index is 601. The van der Waals surface area contributed by atoms with Gasteiger partial charge in [0.15, 0.2) is 5.82 Å². The molecule has 1 aromatic heterocycles. The number of thioether (sulfide) groups is 1. The third-order valence-corrected chi connectivity index (χ3v) is 4.18. The summed E-state index contributed by atoms with van der Waals surface area (Å²) in [6.07, 6.45) is 0.992. The van der Waals surface area contributed by atoms with Crippen LogP contribution < -0.4 is 0 Å². The Morgan fingerprint density at radius 2 is 2.10 bits per heavy atom. The molecule has 2 aromatic rings. The van der Waals surface area contributed by atoms with Gasteiger partial charge in [0, 0.05) is 15.8 Å². The quantitative estimate of drug-likeness (QED) is 0.578. The average molecular weight is 370 g/mol. The molecule has 0 aliphatic rings. The molecule has 2 rings (SSSR count). The van der Waals surface area contributed by atoms with E-state index in [0.29, 0.717) is 17.5 Å². The fourth-order valence-electron chi connectivity index (χ4n) is 1.67. The summed E-state index contributed by atoms with van der Waals surface area (Å²) in [5.74, 6) is 1.11. The summed E-state index contributed by atoms with van der Waals surface area (Å²) in [5.41, 5.74) is 0.960. The lowest BCUT2D eigenvalue weighted by molar-refractivity contribution is 0.113. The van der Waals surface area contributed by atoms with Crippen LogP contribution in [0.15, 0.2) is 46.5 Å². The second-order valence-corrected chi connectivity index (χ2v) is 6.25. The summed E-state index contributed by atoms with van der Waals surface area (Å²) in [6.45, 7) is 4.02. The van der Waals surface area contributed by atoms with Crippen LogP contribution in [0.1, 0.15) is 0 Å². The third-order valence-electron chi connectivity index (χ3n) is 2.67. The molecule has 0 radical (unpaired) electrons. The summed E-state index contributed by atoms with van der Waals surface area (Å²) in [4.78, 5) is 4.49. The van der Waals surface area contributed by atoms with E-state index in [0.717, 1.165) is 15.9 Å².